The first kappa shape index (κ1) is 20.8. The number of pyridine rings is 1. The van der Waals surface area contributed by atoms with Crippen LogP contribution in [-0.2, 0) is 10.0 Å². The van der Waals surface area contributed by atoms with Gasteiger partial charge in [-0.1, -0.05) is 11.6 Å². The molecule has 28 heavy (non-hydrogen) atoms. The average Bonchev–Trinajstić information content (AvgIpc) is 2.68. The molecule has 6 nitrogen and oxygen atoms in total. The van der Waals surface area contributed by atoms with Crippen LogP contribution in [0.25, 0.3) is 0 Å². The second kappa shape index (κ2) is 8.59. The van der Waals surface area contributed by atoms with Gasteiger partial charge in [0.1, 0.15) is 0 Å². The summed E-state index contributed by atoms with van der Waals surface area (Å²) < 4.78 is 27.2. The Bertz CT molecular complexity index is 953. The monoisotopic (exact) mass is 421 g/mol. The quantitative estimate of drug-likeness (QED) is 0.802. The van der Waals surface area contributed by atoms with Crippen LogP contribution in [0.4, 0.5) is 0 Å². The van der Waals surface area contributed by atoms with Gasteiger partial charge in [-0.3, -0.25) is 9.78 Å². The second-order valence-electron chi connectivity index (χ2n) is 6.88. The van der Waals surface area contributed by atoms with Crippen LogP contribution in [-0.4, -0.2) is 43.2 Å². The molecule has 1 aromatic heterocycles. The number of hydrogen-bond donors (Lipinski definition) is 1. The van der Waals surface area contributed by atoms with Crippen molar-refractivity contribution in [2.75, 3.05) is 19.6 Å². The minimum Gasteiger partial charge on any atom is -0.352 e. The summed E-state index contributed by atoms with van der Waals surface area (Å²) in [6, 6.07) is 9.85. The molecule has 1 saturated heterocycles. The smallest absolute Gasteiger partial charge is 0.253 e. The standard InChI is InChI=1S/C20H24ClN3O3S/c1-3-22-20(25)18-9-4-14(2)23-19(18)15-10-12-24(13-11-15)28(26,27)17-7-5-16(21)6-8-17/h4-9,15H,3,10-13H2,1-2H3,(H,22,25). The highest BCUT2D eigenvalue weighted by molar-refractivity contribution is 7.89. The largest absolute Gasteiger partial charge is 0.352 e. The third-order valence-corrected chi connectivity index (χ3v) is 7.10. The van der Waals surface area contributed by atoms with E-state index in [0.717, 1.165) is 11.4 Å². The number of aryl methyl sites for hydroxylation is 1. The van der Waals surface area contributed by atoms with Crippen molar-refractivity contribution < 1.29 is 13.2 Å². The fourth-order valence-corrected chi connectivity index (χ4v) is 5.06. The summed E-state index contributed by atoms with van der Waals surface area (Å²) in [4.78, 5) is 17.2. The lowest BCUT2D eigenvalue weighted by molar-refractivity contribution is 0.0953. The summed E-state index contributed by atoms with van der Waals surface area (Å²) >= 11 is 5.86. The van der Waals surface area contributed by atoms with Gasteiger partial charge in [0, 0.05) is 36.3 Å². The number of carbonyl (C=O) groups is 1. The molecule has 0 spiro atoms. The summed E-state index contributed by atoms with van der Waals surface area (Å²) in [7, 11) is -3.55. The van der Waals surface area contributed by atoms with Gasteiger partial charge in [-0.25, -0.2) is 8.42 Å². The number of carbonyl (C=O) groups excluding carboxylic acids is 1. The Balaban J connectivity index is 1.78. The number of nitrogens with zero attached hydrogens (tertiary/aromatic N) is 2. The van der Waals surface area contributed by atoms with E-state index in [2.05, 4.69) is 10.3 Å². The maximum absolute atomic E-state index is 12.9. The summed E-state index contributed by atoms with van der Waals surface area (Å²) in [5.74, 6) is -0.0876. The number of amides is 1. The minimum atomic E-state index is -3.55. The van der Waals surface area contributed by atoms with Crippen molar-refractivity contribution in [3.63, 3.8) is 0 Å². The van der Waals surface area contributed by atoms with Crippen molar-refractivity contribution in [3.8, 4) is 0 Å². The minimum absolute atomic E-state index is 0.0502. The van der Waals surface area contributed by atoms with Crippen molar-refractivity contribution in [2.45, 2.75) is 37.5 Å². The van der Waals surface area contributed by atoms with Crippen molar-refractivity contribution in [1.29, 1.82) is 0 Å². The lowest BCUT2D eigenvalue weighted by Crippen LogP contribution is -2.38. The predicted octanol–water partition coefficient (Wildman–Crippen LogP) is 3.36. The maximum atomic E-state index is 12.9. The highest BCUT2D eigenvalue weighted by Crippen LogP contribution is 2.32. The zero-order valence-electron chi connectivity index (χ0n) is 16.0. The highest BCUT2D eigenvalue weighted by atomic mass is 35.5. The number of halogens is 1. The van der Waals surface area contributed by atoms with E-state index < -0.39 is 10.0 Å². The predicted molar refractivity (Wildman–Crippen MR) is 109 cm³/mol. The first-order chi connectivity index (χ1) is 13.3. The van der Waals surface area contributed by atoms with Crippen LogP contribution in [0.15, 0.2) is 41.3 Å². The Morgan fingerprint density at radius 2 is 1.82 bits per heavy atom. The number of aromatic nitrogens is 1. The van der Waals surface area contributed by atoms with Gasteiger partial charge in [0.2, 0.25) is 10.0 Å². The molecule has 0 unspecified atom stereocenters. The van der Waals surface area contributed by atoms with Crippen molar-refractivity contribution >= 4 is 27.5 Å². The Hall–Kier alpha value is -1.96. The van der Waals surface area contributed by atoms with Crippen LogP contribution in [0, 0.1) is 6.92 Å². The van der Waals surface area contributed by atoms with Crippen LogP contribution < -0.4 is 5.32 Å². The molecule has 1 N–H and O–H groups in total. The summed E-state index contributed by atoms with van der Waals surface area (Å²) in [6.07, 6.45) is 1.24. The number of piperidine rings is 1. The van der Waals surface area contributed by atoms with Crippen LogP contribution in [0.2, 0.25) is 5.02 Å². The molecule has 1 aliphatic heterocycles. The highest BCUT2D eigenvalue weighted by Gasteiger charge is 2.32. The van der Waals surface area contributed by atoms with E-state index >= 15 is 0 Å². The van der Waals surface area contributed by atoms with E-state index in [1.54, 1.807) is 18.2 Å². The molecular formula is C20H24ClN3O3S. The molecule has 8 heteroatoms. The first-order valence-corrected chi connectivity index (χ1v) is 11.2. The van der Waals surface area contributed by atoms with E-state index in [1.165, 1.54) is 16.4 Å². The lowest BCUT2D eigenvalue weighted by atomic mass is 9.90. The van der Waals surface area contributed by atoms with Gasteiger partial charge in [-0.05, 0) is 63.1 Å². The van der Waals surface area contributed by atoms with Crippen LogP contribution >= 0.6 is 11.6 Å². The molecule has 1 aromatic carbocycles. The van der Waals surface area contributed by atoms with Gasteiger partial charge in [0.05, 0.1) is 16.2 Å². The van der Waals surface area contributed by atoms with Crippen molar-refractivity contribution in [2.24, 2.45) is 0 Å². The van der Waals surface area contributed by atoms with Crippen molar-refractivity contribution in [1.82, 2.24) is 14.6 Å². The lowest BCUT2D eigenvalue weighted by Gasteiger charge is -2.31. The van der Waals surface area contributed by atoms with Gasteiger partial charge in [-0.2, -0.15) is 4.31 Å². The van der Waals surface area contributed by atoms with E-state index in [4.69, 9.17) is 11.6 Å². The van der Waals surface area contributed by atoms with Gasteiger partial charge in [0.25, 0.3) is 5.91 Å². The molecule has 0 radical (unpaired) electrons. The molecule has 1 amide bonds. The maximum Gasteiger partial charge on any atom is 0.253 e. The number of rotatable bonds is 5. The van der Waals surface area contributed by atoms with Crippen LogP contribution in [0.5, 0.6) is 0 Å². The third kappa shape index (κ3) is 4.37. The Morgan fingerprint density at radius 1 is 1.18 bits per heavy atom. The van der Waals surface area contributed by atoms with Gasteiger partial charge < -0.3 is 5.32 Å². The Labute approximate surface area is 171 Å². The number of hydrogen-bond acceptors (Lipinski definition) is 4. The van der Waals surface area contributed by atoms with Gasteiger partial charge >= 0.3 is 0 Å². The Morgan fingerprint density at radius 3 is 2.43 bits per heavy atom. The fourth-order valence-electron chi connectivity index (χ4n) is 3.46. The Kier molecular flexibility index (Phi) is 6.37. The van der Waals surface area contributed by atoms with E-state index in [-0.39, 0.29) is 16.7 Å². The molecule has 1 fully saturated rings. The van der Waals surface area contributed by atoms with E-state index in [1.807, 2.05) is 19.9 Å². The fraction of sp³-hybridized carbons (Fsp3) is 0.400. The second-order valence-corrected chi connectivity index (χ2v) is 9.25. The zero-order chi connectivity index (χ0) is 20.3. The SMILES string of the molecule is CCNC(=O)c1ccc(C)nc1C1CCN(S(=O)(=O)c2ccc(Cl)cc2)CC1. The molecule has 0 bridgehead atoms. The van der Waals surface area contributed by atoms with Crippen LogP contribution in [0.1, 0.15) is 47.4 Å². The molecule has 0 atom stereocenters. The molecule has 150 valence electrons. The molecule has 2 aromatic rings. The first-order valence-electron chi connectivity index (χ1n) is 9.34. The molecule has 0 aliphatic carbocycles. The summed E-state index contributed by atoms with van der Waals surface area (Å²) in [6.45, 7) is 5.09. The normalized spacial score (nSPS) is 16.1. The third-order valence-electron chi connectivity index (χ3n) is 4.94. The number of sulfonamides is 1. The van der Waals surface area contributed by atoms with E-state index in [0.29, 0.717) is 43.1 Å². The van der Waals surface area contributed by atoms with Gasteiger partial charge in [-0.15, -0.1) is 0 Å². The number of benzene rings is 1. The molecule has 2 heterocycles. The molecule has 3 rings (SSSR count). The molecular weight excluding hydrogens is 398 g/mol. The van der Waals surface area contributed by atoms with E-state index in [9.17, 15) is 13.2 Å². The summed E-state index contributed by atoms with van der Waals surface area (Å²) in [5.41, 5.74) is 2.18. The van der Waals surface area contributed by atoms with Crippen molar-refractivity contribution in [3.05, 3.63) is 58.4 Å². The average molecular weight is 422 g/mol. The zero-order valence-corrected chi connectivity index (χ0v) is 17.6. The van der Waals surface area contributed by atoms with Gasteiger partial charge in [0.15, 0.2) is 0 Å². The molecule has 1 aliphatic rings. The topological polar surface area (TPSA) is 79.4 Å². The summed E-state index contributed by atoms with van der Waals surface area (Å²) in [5, 5.41) is 3.32. The molecule has 0 saturated carbocycles. The number of nitrogens with one attached hydrogen (secondary N) is 1. The van der Waals surface area contributed by atoms with Crippen LogP contribution in [0.3, 0.4) is 0 Å².